The van der Waals surface area contributed by atoms with Gasteiger partial charge in [0.25, 0.3) is 0 Å². The summed E-state index contributed by atoms with van der Waals surface area (Å²) in [5.41, 5.74) is 8.51. The van der Waals surface area contributed by atoms with Crippen LogP contribution in [0.2, 0.25) is 0 Å². The SMILES string of the molecule is CCCC(N)CCCC(CC)C(=O)c1ccc(-c2cc3nccc(Oc4ccc(NC(=O)NC5CC5)cc4F)c3s2)nc1. The Kier molecular flexibility index (Phi) is 9.99. The summed E-state index contributed by atoms with van der Waals surface area (Å²) in [6.07, 6.45) is 10.8. The van der Waals surface area contributed by atoms with Gasteiger partial charge in [0, 0.05) is 53.8 Å². The standard InChI is InChI=1S/C33H38FN5O3S/c1-3-6-22(35)8-5-7-20(4-2)31(40)21-9-13-26(37-19-21)30-18-27-32(43-30)29(15-16-36-27)42-28-14-12-24(17-25(28)34)39-33(41)38-23-10-11-23/h9,12-20,22-23H,3-8,10-11,35H2,1-2H3,(H2,38,39,41). The summed E-state index contributed by atoms with van der Waals surface area (Å²) in [6, 6.07) is 11.7. The van der Waals surface area contributed by atoms with Crippen LogP contribution < -0.4 is 21.1 Å². The minimum atomic E-state index is -0.595. The van der Waals surface area contributed by atoms with E-state index in [1.807, 2.05) is 25.1 Å². The van der Waals surface area contributed by atoms with Gasteiger partial charge in [-0.25, -0.2) is 9.18 Å². The van der Waals surface area contributed by atoms with Gasteiger partial charge in [0.15, 0.2) is 17.3 Å². The Hall–Kier alpha value is -3.89. The van der Waals surface area contributed by atoms with Crippen LogP contribution in [0.25, 0.3) is 20.8 Å². The molecule has 1 aliphatic carbocycles. The number of hydrogen-bond acceptors (Lipinski definition) is 7. The molecule has 2 amide bonds. The minimum absolute atomic E-state index is 0.0365. The van der Waals surface area contributed by atoms with E-state index < -0.39 is 5.82 Å². The van der Waals surface area contributed by atoms with Gasteiger partial charge in [-0.3, -0.25) is 14.8 Å². The van der Waals surface area contributed by atoms with Gasteiger partial charge in [0.2, 0.25) is 0 Å². The molecule has 10 heteroatoms. The number of carbonyl (C=O) groups is 2. The quantitative estimate of drug-likeness (QED) is 0.125. The van der Waals surface area contributed by atoms with E-state index in [0.717, 1.165) is 66.6 Å². The van der Waals surface area contributed by atoms with Crippen LogP contribution in [-0.2, 0) is 0 Å². The number of hydrogen-bond donors (Lipinski definition) is 3. The fraction of sp³-hybridized carbons (Fsp3) is 0.394. The summed E-state index contributed by atoms with van der Waals surface area (Å²) in [5.74, 6) is -0.0222. The molecule has 0 saturated heterocycles. The number of urea groups is 1. The molecule has 4 N–H and O–H groups in total. The first-order chi connectivity index (χ1) is 20.8. The zero-order valence-corrected chi connectivity index (χ0v) is 25.4. The van der Waals surface area contributed by atoms with Crippen molar-refractivity contribution in [3.63, 3.8) is 0 Å². The van der Waals surface area contributed by atoms with Crippen molar-refractivity contribution in [3.05, 3.63) is 66.2 Å². The first kappa shape index (κ1) is 30.6. The van der Waals surface area contributed by atoms with Crippen LogP contribution in [0.5, 0.6) is 11.5 Å². The van der Waals surface area contributed by atoms with Crippen LogP contribution in [-0.4, -0.2) is 33.9 Å². The van der Waals surface area contributed by atoms with Gasteiger partial charge >= 0.3 is 6.03 Å². The molecule has 1 saturated carbocycles. The number of nitrogens with two attached hydrogens (primary N) is 1. The van der Waals surface area contributed by atoms with Crippen molar-refractivity contribution in [2.45, 2.75) is 77.3 Å². The molecule has 3 heterocycles. The van der Waals surface area contributed by atoms with Crippen molar-refractivity contribution in [2.24, 2.45) is 11.7 Å². The summed E-state index contributed by atoms with van der Waals surface area (Å²) >= 11 is 1.43. The molecule has 3 aromatic heterocycles. The van der Waals surface area contributed by atoms with E-state index in [9.17, 15) is 14.0 Å². The molecule has 43 heavy (non-hydrogen) atoms. The number of benzene rings is 1. The van der Waals surface area contributed by atoms with E-state index in [2.05, 4.69) is 27.5 Å². The number of carbonyl (C=O) groups excluding carboxylic acids is 2. The van der Waals surface area contributed by atoms with Crippen LogP contribution in [0.3, 0.4) is 0 Å². The normalized spacial score (nSPS) is 14.3. The van der Waals surface area contributed by atoms with Gasteiger partial charge in [-0.2, -0.15) is 0 Å². The molecular weight excluding hydrogens is 565 g/mol. The number of anilines is 1. The van der Waals surface area contributed by atoms with E-state index in [1.165, 1.54) is 23.5 Å². The highest BCUT2D eigenvalue weighted by molar-refractivity contribution is 7.22. The van der Waals surface area contributed by atoms with E-state index in [0.29, 0.717) is 22.5 Å². The van der Waals surface area contributed by atoms with Crippen molar-refractivity contribution in [2.75, 3.05) is 5.32 Å². The lowest BCUT2D eigenvalue weighted by Gasteiger charge is -2.15. The maximum atomic E-state index is 14.9. The van der Waals surface area contributed by atoms with Crippen LogP contribution in [0, 0.1) is 11.7 Å². The molecule has 1 aliphatic rings. The Labute approximate surface area is 255 Å². The Morgan fingerprint density at radius 1 is 1.07 bits per heavy atom. The maximum Gasteiger partial charge on any atom is 0.319 e. The topological polar surface area (TPSA) is 119 Å². The summed E-state index contributed by atoms with van der Waals surface area (Å²) in [6.45, 7) is 4.18. The molecule has 0 bridgehead atoms. The van der Waals surface area contributed by atoms with Crippen molar-refractivity contribution in [3.8, 4) is 22.1 Å². The van der Waals surface area contributed by atoms with E-state index in [1.54, 1.807) is 24.5 Å². The highest BCUT2D eigenvalue weighted by Crippen LogP contribution is 2.39. The van der Waals surface area contributed by atoms with Gasteiger partial charge < -0.3 is 21.1 Å². The zero-order valence-electron chi connectivity index (χ0n) is 24.6. The molecule has 1 fully saturated rings. The maximum absolute atomic E-state index is 14.9. The van der Waals surface area contributed by atoms with Crippen molar-refractivity contribution < 1.29 is 18.7 Å². The number of Topliss-reactive ketones (excluding diaryl/α,β-unsaturated/α-hetero) is 1. The Bertz CT molecular complexity index is 1570. The third-order valence-electron chi connectivity index (χ3n) is 7.65. The first-order valence-corrected chi connectivity index (χ1v) is 15.9. The van der Waals surface area contributed by atoms with Crippen molar-refractivity contribution in [1.82, 2.24) is 15.3 Å². The molecule has 2 unspecified atom stereocenters. The molecule has 8 nitrogen and oxygen atoms in total. The summed E-state index contributed by atoms with van der Waals surface area (Å²) in [5, 5.41) is 5.45. The first-order valence-electron chi connectivity index (χ1n) is 15.0. The van der Waals surface area contributed by atoms with Crippen LogP contribution in [0.1, 0.15) is 75.6 Å². The number of amides is 2. The summed E-state index contributed by atoms with van der Waals surface area (Å²) in [7, 11) is 0. The van der Waals surface area contributed by atoms with Gasteiger partial charge in [0.05, 0.1) is 20.8 Å². The largest absolute Gasteiger partial charge is 0.453 e. The number of fused-ring (bicyclic) bond motifs is 1. The Balaban J connectivity index is 1.25. The van der Waals surface area contributed by atoms with Crippen LogP contribution in [0.4, 0.5) is 14.9 Å². The predicted molar refractivity (Wildman–Crippen MR) is 169 cm³/mol. The van der Waals surface area contributed by atoms with Crippen LogP contribution >= 0.6 is 11.3 Å². The zero-order chi connectivity index (χ0) is 30.3. The fourth-order valence-corrected chi connectivity index (χ4v) is 6.11. The molecular formula is C33H38FN5O3S. The third kappa shape index (κ3) is 7.94. The lowest BCUT2D eigenvalue weighted by atomic mass is 9.90. The number of halogens is 1. The molecule has 0 radical (unpaired) electrons. The monoisotopic (exact) mass is 603 g/mol. The highest BCUT2D eigenvalue weighted by Gasteiger charge is 2.23. The average Bonchev–Trinajstić information content (AvgIpc) is 3.70. The number of ketones is 1. The second-order valence-corrected chi connectivity index (χ2v) is 12.2. The molecule has 4 aromatic rings. The number of thiophene rings is 1. The Morgan fingerprint density at radius 3 is 2.60 bits per heavy atom. The fourth-order valence-electron chi connectivity index (χ4n) is 5.06. The van der Waals surface area contributed by atoms with Gasteiger partial charge in [-0.1, -0.05) is 26.7 Å². The minimum Gasteiger partial charge on any atom is -0.453 e. The molecule has 1 aromatic carbocycles. The molecule has 0 spiro atoms. The molecule has 5 rings (SSSR count). The van der Waals surface area contributed by atoms with E-state index in [-0.39, 0.29) is 35.6 Å². The third-order valence-corrected chi connectivity index (χ3v) is 8.81. The lowest BCUT2D eigenvalue weighted by Crippen LogP contribution is -2.30. The van der Waals surface area contributed by atoms with Gasteiger partial charge in [-0.15, -0.1) is 11.3 Å². The predicted octanol–water partition coefficient (Wildman–Crippen LogP) is 8.08. The number of rotatable bonds is 14. The smallest absolute Gasteiger partial charge is 0.319 e. The average molecular weight is 604 g/mol. The summed E-state index contributed by atoms with van der Waals surface area (Å²) in [4.78, 5) is 35.1. The lowest BCUT2D eigenvalue weighted by molar-refractivity contribution is 0.0907. The van der Waals surface area contributed by atoms with E-state index in [4.69, 9.17) is 10.5 Å². The Morgan fingerprint density at radius 2 is 1.91 bits per heavy atom. The second kappa shape index (κ2) is 14.1. The molecule has 0 aliphatic heterocycles. The number of ether oxygens (including phenoxy) is 1. The number of nitrogens with zero attached hydrogens (tertiary/aromatic N) is 2. The molecule has 226 valence electrons. The van der Waals surface area contributed by atoms with E-state index >= 15 is 0 Å². The molecule has 2 atom stereocenters. The number of pyridine rings is 2. The number of aromatic nitrogens is 2. The number of nitrogens with one attached hydrogen (secondary N) is 2. The van der Waals surface area contributed by atoms with Gasteiger partial charge in [0.1, 0.15) is 5.75 Å². The second-order valence-electron chi connectivity index (χ2n) is 11.1. The van der Waals surface area contributed by atoms with Crippen molar-refractivity contribution in [1.29, 1.82) is 0 Å². The van der Waals surface area contributed by atoms with Crippen molar-refractivity contribution >= 4 is 39.1 Å². The highest BCUT2D eigenvalue weighted by atomic mass is 32.1. The van der Waals surface area contributed by atoms with Gasteiger partial charge in [-0.05, 0) is 68.9 Å². The van der Waals surface area contributed by atoms with Crippen LogP contribution in [0.15, 0.2) is 54.9 Å². The summed E-state index contributed by atoms with van der Waals surface area (Å²) < 4.78 is 21.6.